The maximum absolute atomic E-state index is 11.3. The van der Waals surface area contributed by atoms with Crippen LogP contribution in [0.4, 0.5) is 0 Å². The average Bonchev–Trinajstić information content (AvgIpc) is 2.21. The molecule has 0 aliphatic rings. The summed E-state index contributed by atoms with van der Waals surface area (Å²) in [5.41, 5.74) is 0. The van der Waals surface area contributed by atoms with Gasteiger partial charge in [-0.3, -0.25) is 0 Å². The van der Waals surface area contributed by atoms with E-state index in [1.807, 2.05) is 27.7 Å². The van der Waals surface area contributed by atoms with E-state index in [0.717, 1.165) is 23.5 Å². The molecule has 0 aromatic heterocycles. The third-order valence-corrected chi connectivity index (χ3v) is 9.59. The number of hydrogen-bond acceptors (Lipinski definition) is 2. The molecule has 0 spiro atoms. The molecule has 4 heteroatoms. The minimum atomic E-state index is 0.186. The zero-order valence-corrected chi connectivity index (χ0v) is 14.0. The monoisotopic (exact) mass is 358 g/mol. The Morgan fingerprint density at radius 1 is 0.812 bits per heavy atom. The van der Waals surface area contributed by atoms with E-state index in [0.29, 0.717) is 37.8 Å². The van der Waals surface area contributed by atoms with Gasteiger partial charge in [0, 0.05) is 0 Å². The first kappa shape index (κ1) is 16.4. The Labute approximate surface area is 110 Å². The molecule has 0 rings (SSSR count). The number of carbonyl (C=O) groups excluding carboxylic acids is 2. The summed E-state index contributed by atoms with van der Waals surface area (Å²) in [4.78, 5) is 22.7. The molecule has 0 atom stereocenters. The summed E-state index contributed by atoms with van der Waals surface area (Å²) in [6.07, 6.45) is 1.50. The molecule has 0 radical (unpaired) electrons. The minimum absolute atomic E-state index is 0.186. The molecule has 16 heavy (non-hydrogen) atoms. The third kappa shape index (κ3) is 8.52. The molecule has 0 heterocycles. The van der Waals surface area contributed by atoms with Crippen molar-refractivity contribution >= 4 is 37.8 Å². The molecule has 2 nitrogen and oxygen atoms in total. The van der Waals surface area contributed by atoms with Gasteiger partial charge in [-0.25, -0.2) is 0 Å². The quantitative estimate of drug-likeness (QED) is 0.470. The zero-order valence-electron chi connectivity index (χ0n) is 10.6. The van der Waals surface area contributed by atoms with Gasteiger partial charge in [0.2, 0.25) is 0 Å². The molecular weight excluding hydrogens is 334 g/mol. The number of carbonyl (C=O) groups is 2. The van der Waals surface area contributed by atoms with E-state index in [1.54, 1.807) is 0 Å². The molecule has 0 N–H and O–H groups in total. The molecule has 0 fully saturated rings. The van der Waals surface area contributed by atoms with Crippen LogP contribution in [0, 0.1) is 11.8 Å². The second-order valence-electron chi connectivity index (χ2n) is 4.39. The van der Waals surface area contributed by atoms with Crippen LogP contribution in [-0.2, 0) is 9.59 Å². The summed E-state index contributed by atoms with van der Waals surface area (Å²) >= 11 is 1.21. The van der Waals surface area contributed by atoms with Crippen molar-refractivity contribution in [1.82, 2.24) is 0 Å². The number of ketones is 2. The SMILES string of the molecule is CC(C)C(=O)CC[Se][Se]CCC(=O)C(C)C. The van der Waals surface area contributed by atoms with E-state index in [1.165, 1.54) is 0 Å². The van der Waals surface area contributed by atoms with E-state index in [9.17, 15) is 9.59 Å². The first-order valence-corrected chi connectivity index (χ1v) is 12.5. The van der Waals surface area contributed by atoms with Crippen molar-refractivity contribution in [1.29, 1.82) is 0 Å². The summed E-state index contributed by atoms with van der Waals surface area (Å²) in [7, 11) is 0. The molecule has 0 bridgehead atoms. The summed E-state index contributed by atoms with van der Waals surface area (Å²) in [6, 6.07) is 0. The Morgan fingerprint density at radius 3 is 1.38 bits per heavy atom. The van der Waals surface area contributed by atoms with E-state index in [2.05, 4.69) is 0 Å². The van der Waals surface area contributed by atoms with Gasteiger partial charge in [-0.15, -0.1) is 0 Å². The maximum atomic E-state index is 11.3. The standard InChI is InChI=1S/C12H22O2Se2/c1-9(2)11(13)5-7-15-16-8-6-12(14)10(3)4/h9-10H,5-8H2,1-4H3. The molecule has 0 amide bonds. The van der Waals surface area contributed by atoms with Crippen LogP contribution >= 0.6 is 0 Å². The van der Waals surface area contributed by atoms with Crippen LogP contribution in [0.5, 0.6) is 0 Å². The Kier molecular flexibility index (Phi) is 9.64. The fraction of sp³-hybridized carbons (Fsp3) is 0.833. The van der Waals surface area contributed by atoms with E-state index in [-0.39, 0.29) is 11.8 Å². The van der Waals surface area contributed by atoms with Crippen molar-refractivity contribution in [3.05, 3.63) is 0 Å². The van der Waals surface area contributed by atoms with Gasteiger partial charge in [-0.2, -0.15) is 0 Å². The van der Waals surface area contributed by atoms with Crippen molar-refractivity contribution in [2.24, 2.45) is 11.8 Å². The van der Waals surface area contributed by atoms with Crippen LogP contribution in [0.15, 0.2) is 0 Å². The zero-order chi connectivity index (χ0) is 12.6. The molecule has 94 valence electrons. The topological polar surface area (TPSA) is 34.1 Å². The van der Waals surface area contributed by atoms with Crippen molar-refractivity contribution in [2.45, 2.75) is 51.2 Å². The Bertz CT molecular complexity index is 201. The van der Waals surface area contributed by atoms with Gasteiger partial charge < -0.3 is 0 Å². The summed E-state index contributed by atoms with van der Waals surface area (Å²) in [6.45, 7) is 7.84. The van der Waals surface area contributed by atoms with Gasteiger partial charge >= 0.3 is 110 Å². The molecule has 0 unspecified atom stereocenters. The predicted molar refractivity (Wildman–Crippen MR) is 70.0 cm³/mol. The van der Waals surface area contributed by atoms with Gasteiger partial charge in [0.05, 0.1) is 0 Å². The van der Waals surface area contributed by atoms with Crippen molar-refractivity contribution < 1.29 is 9.59 Å². The first-order chi connectivity index (χ1) is 7.45. The number of Topliss-reactive ketones (excluding diaryl/α,β-unsaturated/α-hetero) is 2. The number of rotatable bonds is 9. The van der Waals surface area contributed by atoms with Crippen molar-refractivity contribution in [2.75, 3.05) is 0 Å². The molecular formula is C12H22O2Se2. The van der Waals surface area contributed by atoms with Gasteiger partial charge in [0.1, 0.15) is 0 Å². The van der Waals surface area contributed by atoms with Crippen LogP contribution in [-0.4, -0.2) is 37.8 Å². The fourth-order valence-electron chi connectivity index (χ4n) is 0.980. The van der Waals surface area contributed by atoms with Crippen LogP contribution in [0.1, 0.15) is 40.5 Å². The first-order valence-electron chi connectivity index (χ1n) is 5.75. The Hall–Kier alpha value is 0.379. The average molecular weight is 356 g/mol. The molecule has 0 aromatic carbocycles. The second kappa shape index (κ2) is 9.41. The second-order valence-corrected chi connectivity index (χ2v) is 12.2. The van der Waals surface area contributed by atoms with Crippen molar-refractivity contribution in [3.63, 3.8) is 0 Å². The number of hydrogen-bond donors (Lipinski definition) is 0. The molecule has 0 aliphatic carbocycles. The van der Waals surface area contributed by atoms with E-state index >= 15 is 0 Å². The van der Waals surface area contributed by atoms with Crippen LogP contribution in [0.25, 0.3) is 0 Å². The third-order valence-electron chi connectivity index (χ3n) is 2.23. The summed E-state index contributed by atoms with van der Waals surface area (Å²) in [5.74, 6) is 1.14. The van der Waals surface area contributed by atoms with E-state index < -0.39 is 0 Å². The molecule has 0 saturated carbocycles. The van der Waals surface area contributed by atoms with Crippen LogP contribution in [0.2, 0.25) is 10.6 Å². The molecule has 0 aliphatic heterocycles. The van der Waals surface area contributed by atoms with E-state index in [4.69, 9.17) is 0 Å². The Balaban J connectivity index is 3.35. The van der Waals surface area contributed by atoms with Gasteiger partial charge in [0.25, 0.3) is 0 Å². The summed E-state index contributed by atoms with van der Waals surface area (Å²) < 4.78 is 0. The predicted octanol–water partition coefficient (Wildman–Crippen LogP) is 2.38. The molecule has 0 aromatic rings. The molecule has 0 saturated heterocycles. The van der Waals surface area contributed by atoms with Crippen LogP contribution < -0.4 is 0 Å². The van der Waals surface area contributed by atoms with Gasteiger partial charge in [0.15, 0.2) is 0 Å². The normalized spacial score (nSPS) is 11.1. The summed E-state index contributed by atoms with van der Waals surface area (Å²) in [5, 5.41) is 2.14. The van der Waals surface area contributed by atoms with Gasteiger partial charge in [-0.05, 0) is 0 Å². The van der Waals surface area contributed by atoms with Crippen LogP contribution in [0.3, 0.4) is 0 Å². The Morgan fingerprint density at radius 2 is 1.12 bits per heavy atom. The van der Waals surface area contributed by atoms with Gasteiger partial charge in [-0.1, -0.05) is 0 Å². The fourth-order valence-corrected chi connectivity index (χ4v) is 7.05. The van der Waals surface area contributed by atoms with Crippen molar-refractivity contribution in [3.8, 4) is 0 Å².